The molecule has 0 bridgehead atoms. The van der Waals surface area contributed by atoms with Gasteiger partial charge in [0, 0.05) is 0 Å². The molecule has 2 aromatic rings. The molecule has 0 aliphatic rings. The van der Waals surface area contributed by atoms with E-state index in [0.29, 0.717) is 11.4 Å². The van der Waals surface area contributed by atoms with Gasteiger partial charge >= 0.3 is 5.97 Å². The van der Waals surface area contributed by atoms with E-state index in [1.807, 2.05) is 6.92 Å². The first kappa shape index (κ1) is 13.1. The third-order valence-electron chi connectivity index (χ3n) is 2.18. The number of hydrogen-bond donors (Lipinski definition) is 1. The Morgan fingerprint density at radius 2 is 1.95 bits per heavy atom. The number of H-pyrrole nitrogens is 1. The van der Waals surface area contributed by atoms with Gasteiger partial charge in [-0.2, -0.15) is 15.4 Å². The molecule has 0 saturated carbocycles. The zero-order chi connectivity index (χ0) is 14.0. The summed E-state index contributed by atoms with van der Waals surface area (Å²) in [7, 11) is 0. The van der Waals surface area contributed by atoms with Gasteiger partial charge < -0.3 is 4.74 Å². The highest BCUT2D eigenvalue weighted by atomic mass is 16.6. The van der Waals surface area contributed by atoms with Crippen molar-refractivity contribution in [2.24, 2.45) is 0 Å². The minimum Gasteiger partial charge on any atom is -0.455 e. The summed E-state index contributed by atoms with van der Waals surface area (Å²) < 4.78 is 5.26. The molecule has 19 heavy (non-hydrogen) atoms. The molecule has 1 N–H and O–H groups in total. The van der Waals surface area contributed by atoms with Crippen LogP contribution in [0.1, 0.15) is 37.0 Å². The Morgan fingerprint density at radius 3 is 2.53 bits per heavy atom. The largest absolute Gasteiger partial charge is 0.455 e. The van der Waals surface area contributed by atoms with Crippen LogP contribution in [0.15, 0.2) is 12.1 Å². The Morgan fingerprint density at radius 1 is 1.21 bits per heavy atom. The number of aromatic amines is 1. The quantitative estimate of drug-likeness (QED) is 0.824. The summed E-state index contributed by atoms with van der Waals surface area (Å²) in [6.07, 6.45) is 0. The van der Waals surface area contributed by atoms with Crippen LogP contribution in [0.3, 0.4) is 0 Å². The molecule has 2 rings (SSSR count). The molecule has 0 aliphatic heterocycles. The fraction of sp³-hybridized carbons (Fsp3) is 0.417. The van der Waals surface area contributed by atoms with Crippen molar-refractivity contribution in [2.45, 2.75) is 33.3 Å². The fourth-order valence-electron chi connectivity index (χ4n) is 1.40. The molecular weight excluding hydrogens is 246 g/mol. The molecule has 0 spiro atoms. The van der Waals surface area contributed by atoms with Crippen molar-refractivity contribution < 1.29 is 9.53 Å². The normalized spacial score (nSPS) is 11.4. The van der Waals surface area contributed by atoms with Gasteiger partial charge in [-0.3, -0.25) is 0 Å². The molecule has 0 amide bonds. The lowest BCUT2D eigenvalue weighted by Crippen LogP contribution is -2.24. The highest BCUT2D eigenvalue weighted by molar-refractivity contribution is 5.93. The summed E-state index contributed by atoms with van der Waals surface area (Å²) in [6.45, 7) is 7.19. The number of aryl methyl sites for hydroxylation is 1. The lowest BCUT2D eigenvalue weighted by atomic mass is 10.2. The molecule has 2 aromatic heterocycles. The summed E-state index contributed by atoms with van der Waals surface area (Å²) in [6, 6.07) is 3.52. The maximum absolute atomic E-state index is 12.0. The highest BCUT2D eigenvalue weighted by Gasteiger charge is 2.25. The zero-order valence-corrected chi connectivity index (χ0v) is 11.3. The molecule has 0 fully saturated rings. The van der Waals surface area contributed by atoms with E-state index in [1.54, 1.807) is 32.9 Å². The monoisotopic (exact) mass is 261 g/mol. The van der Waals surface area contributed by atoms with Gasteiger partial charge in [-0.05, 0) is 39.8 Å². The van der Waals surface area contributed by atoms with Crippen LogP contribution < -0.4 is 0 Å². The number of carbonyl (C=O) groups excluding carboxylic acids is 1. The predicted octanol–water partition coefficient (Wildman–Crippen LogP) is 1.53. The Hall–Kier alpha value is -2.31. The molecule has 0 unspecified atom stereocenters. The van der Waals surface area contributed by atoms with Crippen LogP contribution >= 0.6 is 0 Å². The van der Waals surface area contributed by atoms with Crippen molar-refractivity contribution in [3.05, 3.63) is 23.5 Å². The van der Waals surface area contributed by atoms with Gasteiger partial charge in [-0.15, -0.1) is 10.2 Å². The third kappa shape index (κ3) is 3.12. The van der Waals surface area contributed by atoms with Crippen molar-refractivity contribution in [2.75, 3.05) is 0 Å². The first-order valence-electron chi connectivity index (χ1n) is 5.81. The number of nitrogens with one attached hydrogen (secondary N) is 1. The van der Waals surface area contributed by atoms with Gasteiger partial charge in [0.25, 0.3) is 0 Å². The second-order valence-corrected chi connectivity index (χ2v) is 5.08. The lowest BCUT2D eigenvalue weighted by Gasteiger charge is -2.18. The number of ether oxygens (including phenoxy) is 1. The van der Waals surface area contributed by atoms with E-state index in [1.165, 1.54) is 0 Å². The number of carbonyl (C=O) groups is 1. The molecule has 100 valence electrons. The van der Waals surface area contributed by atoms with Crippen LogP contribution in [0, 0.1) is 6.92 Å². The van der Waals surface area contributed by atoms with Crippen molar-refractivity contribution in [3.8, 4) is 11.4 Å². The first-order valence-corrected chi connectivity index (χ1v) is 5.81. The number of nitrogens with zero attached hydrogens (tertiary/aromatic N) is 4. The molecule has 7 heteroatoms. The minimum absolute atomic E-state index is 0.105. The Kier molecular flexibility index (Phi) is 3.28. The van der Waals surface area contributed by atoms with Crippen molar-refractivity contribution >= 4 is 5.97 Å². The van der Waals surface area contributed by atoms with E-state index in [2.05, 4.69) is 25.6 Å². The third-order valence-corrected chi connectivity index (χ3v) is 2.18. The zero-order valence-electron chi connectivity index (χ0n) is 11.3. The molecule has 2 heterocycles. The van der Waals surface area contributed by atoms with Crippen LogP contribution in [0.2, 0.25) is 0 Å². The van der Waals surface area contributed by atoms with Gasteiger partial charge in [0.15, 0.2) is 5.69 Å². The summed E-state index contributed by atoms with van der Waals surface area (Å²) in [5.41, 5.74) is 1.10. The second kappa shape index (κ2) is 4.75. The van der Waals surface area contributed by atoms with Crippen LogP contribution in [0.25, 0.3) is 11.4 Å². The van der Waals surface area contributed by atoms with Crippen molar-refractivity contribution in [1.82, 2.24) is 25.6 Å². The van der Waals surface area contributed by atoms with E-state index in [-0.39, 0.29) is 5.69 Å². The Labute approximate surface area is 110 Å². The molecule has 7 nitrogen and oxygen atoms in total. The van der Waals surface area contributed by atoms with Crippen molar-refractivity contribution in [1.29, 1.82) is 0 Å². The lowest BCUT2D eigenvalue weighted by molar-refractivity contribution is 0.00637. The maximum atomic E-state index is 12.0. The van der Waals surface area contributed by atoms with Crippen LogP contribution in [-0.2, 0) is 4.74 Å². The second-order valence-electron chi connectivity index (χ2n) is 5.08. The Balaban J connectivity index is 2.32. The minimum atomic E-state index is -0.591. The molecule has 0 aliphatic carbocycles. The van der Waals surface area contributed by atoms with Gasteiger partial charge in [-0.25, -0.2) is 4.79 Å². The van der Waals surface area contributed by atoms with E-state index >= 15 is 0 Å². The van der Waals surface area contributed by atoms with Gasteiger partial charge in [0.05, 0.1) is 5.69 Å². The van der Waals surface area contributed by atoms with E-state index in [4.69, 9.17) is 4.74 Å². The molecule has 0 aromatic carbocycles. The summed E-state index contributed by atoms with van der Waals surface area (Å²) in [4.78, 5) is 12.0. The van der Waals surface area contributed by atoms with Crippen LogP contribution in [0.5, 0.6) is 0 Å². The summed E-state index contributed by atoms with van der Waals surface area (Å²) in [5.74, 6) is -0.543. The summed E-state index contributed by atoms with van der Waals surface area (Å²) >= 11 is 0. The molecule has 0 radical (unpaired) electrons. The first-order chi connectivity index (χ1) is 8.87. The molecule has 0 atom stereocenters. The van der Waals surface area contributed by atoms with Gasteiger partial charge in [0.2, 0.25) is 0 Å². The fourth-order valence-corrected chi connectivity index (χ4v) is 1.40. The average Bonchev–Trinajstić information content (AvgIpc) is 2.76. The van der Waals surface area contributed by atoms with E-state index in [9.17, 15) is 4.79 Å². The maximum Gasteiger partial charge on any atom is 0.361 e. The van der Waals surface area contributed by atoms with E-state index < -0.39 is 11.6 Å². The van der Waals surface area contributed by atoms with Crippen LogP contribution in [-0.4, -0.2) is 37.2 Å². The van der Waals surface area contributed by atoms with Crippen molar-refractivity contribution in [3.63, 3.8) is 0 Å². The van der Waals surface area contributed by atoms with Gasteiger partial charge in [0.1, 0.15) is 17.0 Å². The number of aromatic nitrogens is 5. The van der Waals surface area contributed by atoms with E-state index in [0.717, 1.165) is 5.69 Å². The SMILES string of the molecule is Cc1ccc(-c2n[nH]nc2C(=O)OC(C)(C)C)nn1. The predicted molar refractivity (Wildman–Crippen MR) is 67.3 cm³/mol. The smallest absolute Gasteiger partial charge is 0.361 e. The highest BCUT2D eigenvalue weighted by Crippen LogP contribution is 2.19. The summed E-state index contributed by atoms with van der Waals surface area (Å²) in [5, 5.41) is 18.1. The molecule has 0 saturated heterocycles. The van der Waals surface area contributed by atoms with Crippen LogP contribution in [0.4, 0.5) is 0 Å². The Bertz CT molecular complexity index is 583. The molecular formula is C12H15N5O2. The average molecular weight is 261 g/mol. The number of hydrogen-bond acceptors (Lipinski definition) is 6. The number of rotatable bonds is 2. The number of esters is 1. The topological polar surface area (TPSA) is 93.7 Å². The standard InChI is InChI=1S/C12H15N5O2/c1-7-5-6-8(14-13-7)9-10(16-17-15-9)11(18)19-12(2,3)4/h5-6H,1-4H3,(H,15,16,17). The van der Waals surface area contributed by atoms with Gasteiger partial charge in [-0.1, -0.05) is 0 Å².